The van der Waals surface area contributed by atoms with Crippen molar-refractivity contribution in [2.45, 2.75) is 32.9 Å². The van der Waals surface area contributed by atoms with Gasteiger partial charge in [0.05, 0.1) is 11.4 Å². The first-order chi connectivity index (χ1) is 10.0. The van der Waals surface area contributed by atoms with Crippen LogP contribution in [0.2, 0.25) is 5.02 Å². The number of rotatable bonds is 6. The van der Waals surface area contributed by atoms with E-state index in [9.17, 15) is 0 Å². The van der Waals surface area contributed by atoms with Crippen LogP contribution in [0, 0.1) is 0 Å². The Morgan fingerprint density at radius 3 is 2.76 bits per heavy atom. The molecule has 0 fully saturated rings. The van der Waals surface area contributed by atoms with Crippen LogP contribution in [0.25, 0.3) is 0 Å². The molecule has 114 valence electrons. The number of nitrogens with zero attached hydrogens (tertiary/aromatic N) is 2. The summed E-state index contributed by atoms with van der Waals surface area (Å²) in [5, 5.41) is 8.36. The van der Waals surface area contributed by atoms with Crippen molar-refractivity contribution in [1.29, 1.82) is 0 Å². The fraction of sp³-hybridized carbons (Fsp3) is 0.438. The van der Waals surface area contributed by atoms with Gasteiger partial charge in [-0.1, -0.05) is 18.5 Å². The Bertz CT molecular complexity index is 610. The fourth-order valence-corrected chi connectivity index (χ4v) is 2.36. The van der Waals surface area contributed by atoms with E-state index in [2.05, 4.69) is 30.3 Å². The van der Waals surface area contributed by atoms with Crippen LogP contribution < -0.4 is 10.1 Å². The lowest BCUT2D eigenvalue weighted by Crippen LogP contribution is -2.14. The minimum Gasteiger partial charge on any atom is -0.487 e. The van der Waals surface area contributed by atoms with Crippen molar-refractivity contribution in [2.24, 2.45) is 7.05 Å². The van der Waals surface area contributed by atoms with Crippen LogP contribution in [0.15, 0.2) is 24.3 Å². The van der Waals surface area contributed by atoms with Crippen LogP contribution in [0.4, 0.5) is 0 Å². The topological polar surface area (TPSA) is 39.1 Å². The Kier molecular flexibility index (Phi) is 5.26. The van der Waals surface area contributed by atoms with Gasteiger partial charge in [0, 0.05) is 23.7 Å². The summed E-state index contributed by atoms with van der Waals surface area (Å²) in [6.45, 7) is 4.67. The van der Waals surface area contributed by atoms with Gasteiger partial charge in [-0.05, 0) is 44.7 Å². The highest BCUT2D eigenvalue weighted by Crippen LogP contribution is 2.28. The quantitative estimate of drug-likeness (QED) is 0.888. The molecule has 0 radical (unpaired) electrons. The van der Waals surface area contributed by atoms with Gasteiger partial charge in [0.2, 0.25) is 0 Å². The molecule has 1 aromatic heterocycles. The van der Waals surface area contributed by atoms with Crippen molar-refractivity contribution in [1.82, 2.24) is 15.1 Å². The van der Waals surface area contributed by atoms with E-state index < -0.39 is 0 Å². The second-order valence-corrected chi connectivity index (χ2v) is 5.52. The zero-order valence-corrected chi connectivity index (χ0v) is 13.7. The molecule has 0 aliphatic rings. The van der Waals surface area contributed by atoms with Gasteiger partial charge in [-0.25, -0.2) is 0 Å². The number of aryl methyl sites for hydroxylation is 2. The number of benzene rings is 1. The number of nitrogens with one attached hydrogen (secondary N) is 1. The van der Waals surface area contributed by atoms with Gasteiger partial charge < -0.3 is 10.1 Å². The van der Waals surface area contributed by atoms with Crippen molar-refractivity contribution >= 4 is 11.6 Å². The summed E-state index contributed by atoms with van der Waals surface area (Å²) >= 11 is 6.08. The molecule has 0 saturated carbocycles. The largest absolute Gasteiger partial charge is 0.487 e. The Morgan fingerprint density at radius 2 is 2.14 bits per heavy atom. The molecule has 1 unspecified atom stereocenters. The van der Waals surface area contributed by atoms with E-state index in [1.165, 1.54) is 0 Å². The zero-order chi connectivity index (χ0) is 15.4. The van der Waals surface area contributed by atoms with Gasteiger partial charge in [-0.3, -0.25) is 4.68 Å². The first-order valence-electron chi connectivity index (χ1n) is 7.16. The average Bonchev–Trinajstić information content (AvgIpc) is 2.85. The van der Waals surface area contributed by atoms with Crippen LogP contribution >= 0.6 is 11.6 Å². The first kappa shape index (κ1) is 15.9. The lowest BCUT2D eigenvalue weighted by molar-refractivity contribution is 0.289. The molecule has 2 rings (SSSR count). The van der Waals surface area contributed by atoms with E-state index in [1.54, 1.807) is 0 Å². The van der Waals surface area contributed by atoms with Gasteiger partial charge in [0.15, 0.2) is 0 Å². The highest BCUT2D eigenvalue weighted by Gasteiger charge is 2.12. The number of aromatic nitrogens is 2. The Morgan fingerprint density at radius 1 is 1.38 bits per heavy atom. The molecular formula is C16H22ClN3O. The maximum atomic E-state index is 6.08. The summed E-state index contributed by atoms with van der Waals surface area (Å²) in [6.07, 6.45) is 0.927. The normalized spacial score (nSPS) is 12.4. The zero-order valence-electron chi connectivity index (χ0n) is 13.0. The summed E-state index contributed by atoms with van der Waals surface area (Å²) in [4.78, 5) is 0. The molecule has 4 nitrogen and oxygen atoms in total. The number of ether oxygens (including phenoxy) is 1. The summed E-state index contributed by atoms with van der Waals surface area (Å²) in [5.41, 5.74) is 3.20. The Labute approximate surface area is 131 Å². The molecule has 1 aromatic carbocycles. The highest BCUT2D eigenvalue weighted by molar-refractivity contribution is 6.30. The van der Waals surface area contributed by atoms with E-state index in [0.29, 0.717) is 11.6 Å². The van der Waals surface area contributed by atoms with Crippen molar-refractivity contribution in [3.05, 3.63) is 46.2 Å². The summed E-state index contributed by atoms with van der Waals surface area (Å²) in [6, 6.07) is 7.97. The molecule has 1 atom stereocenters. The van der Waals surface area contributed by atoms with Crippen molar-refractivity contribution in [3.8, 4) is 5.75 Å². The number of halogens is 1. The maximum Gasteiger partial charge on any atom is 0.130 e. The van der Waals surface area contributed by atoms with Crippen LogP contribution in [0.5, 0.6) is 5.75 Å². The SMILES string of the molecule is CCc1cc(COc2ccc(Cl)cc2C(C)NC)n(C)n1. The van der Waals surface area contributed by atoms with Crippen LogP contribution in [-0.4, -0.2) is 16.8 Å². The van der Waals surface area contributed by atoms with E-state index in [4.69, 9.17) is 16.3 Å². The monoisotopic (exact) mass is 307 g/mol. The van der Waals surface area contributed by atoms with Crippen molar-refractivity contribution in [2.75, 3.05) is 7.05 Å². The van der Waals surface area contributed by atoms with E-state index in [1.807, 2.05) is 37.0 Å². The molecule has 5 heteroatoms. The third kappa shape index (κ3) is 3.77. The molecule has 0 bridgehead atoms. The molecule has 0 amide bonds. The molecule has 0 aliphatic carbocycles. The minimum atomic E-state index is 0.177. The van der Waals surface area contributed by atoms with Gasteiger partial charge in [0.1, 0.15) is 12.4 Å². The van der Waals surface area contributed by atoms with E-state index >= 15 is 0 Å². The van der Waals surface area contributed by atoms with Crippen LogP contribution in [0.3, 0.4) is 0 Å². The lowest BCUT2D eigenvalue weighted by Gasteiger charge is -2.17. The Hall–Kier alpha value is -1.52. The second kappa shape index (κ2) is 6.96. The summed E-state index contributed by atoms with van der Waals surface area (Å²) in [7, 11) is 3.86. The van der Waals surface area contributed by atoms with Gasteiger partial charge in [0.25, 0.3) is 0 Å². The average molecular weight is 308 g/mol. The number of hydrogen-bond acceptors (Lipinski definition) is 3. The van der Waals surface area contributed by atoms with Crippen molar-refractivity contribution in [3.63, 3.8) is 0 Å². The molecule has 0 spiro atoms. The standard InChI is InChI=1S/C16H22ClN3O/c1-5-13-9-14(20(4)19-13)10-21-16-7-6-12(17)8-15(16)11(2)18-3/h6-9,11,18H,5,10H2,1-4H3. The third-order valence-electron chi connectivity index (χ3n) is 3.64. The molecule has 1 N–H and O–H groups in total. The summed E-state index contributed by atoms with van der Waals surface area (Å²) in [5.74, 6) is 0.848. The molecular weight excluding hydrogens is 286 g/mol. The van der Waals surface area contributed by atoms with E-state index in [0.717, 1.165) is 29.1 Å². The van der Waals surface area contributed by atoms with Crippen LogP contribution in [-0.2, 0) is 20.1 Å². The first-order valence-corrected chi connectivity index (χ1v) is 7.54. The summed E-state index contributed by atoms with van der Waals surface area (Å²) < 4.78 is 7.85. The van der Waals surface area contributed by atoms with Crippen molar-refractivity contribution < 1.29 is 4.74 Å². The highest BCUT2D eigenvalue weighted by atomic mass is 35.5. The maximum absolute atomic E-state index is 6.08. The fourth-order valence-electron chi connectivity index (χ4n) is 2.18. The smallest absolute Gasteiger partial charge is 0.130 e. The van der Waals surface area contributed by atoms with Crippen LogP contribution in [0.1, 0.15) is 36.8 Å². The lowest BCUT2D eigenvalue weighted by atomic mass is 10.1. The number of hydrogen-bond donors (Lipinski definition) is 1. The van der Waals surface area contributed by atoms with Gasteiger partial charge in [-0.2, -0.15) is 5.10 Å². The molecule has 0 saturated heterocycles. The predicted molar refractivity (Wildman–Crippen MR) is 85.8 cm³/mol. The molecule has 2 aromatic rings. The molecule has 21 heavy (non-hydrogen) atoms. The molecule has 1 heterocycles. The Balaban J connectivity index is 2.17. The second-order valence-electron chi connectivity index (χ2n) is 5.09. The minimum absolute atomic E-state index is 0.177. The third-order valence-corrected chi connectivity index (χ3v) is 3.87. The van der Waals surface area contributed by atoms with E-state index in [-0.39, 0.29) is 6.04 Å². The van der Waals surface area contributed by atoms with Gasteiger partial charge >= 0.3 is 0 Å². The predicted octanol–water partition coefficient (Wildman–Crippen LogP) is 3.50. The molecule has 0 aliphatic heterocycles. The van der Waals surface area contributed by atoms with Gasteiger partial charge in [-0.15, -0.1) is 0 Å².